The van der Waals surface area contributed by atoms with Crippen LogP contribution in [0.5, 0.6) is 0 Å². The zero-order valence-electron chi connectivity index (χ0n) is 11.7. The van der Waals surface area contributed by atoms with Crippen molar-refractivity contribution in [1.29, 1.82) is 0 Å². The minimum atomic E-state index is -0.410. The van der Waals surface area contributed by atoms with E-state index in [9.17, 15) is 10.1 Å². The average molecular weight is 284 g/mol. The number of nitrogens with one attached hydrogen (secondary N) is 2. The SMILES string of the molecule is CNc1cc([N+](=O)[O-])cc(NCC2Cc3ccccc32)n1. The predicted molar refractivity (Wildman–Crippen MR) is 81.8 cm³/mol. The molecule has 2 aromatic rings. The first kappa shape index (κ1) is 13.4. The molecule has 1 atom stereocenters. The Morgan fingerprint density at radius 3 is 2.81 bits per heavy atom. The van der Waals surface area contributed by atoms with Gasteiger partial charge in [-0.15, -0.1) is 0 Å². The lowest BCUT2D eigenvalue weighted by Gasteiger charge is -2.30. The molecule has 3 rings (SSSR count). The summed E-state index contributed by atoms with van der Waals surface area (Å²) in [6.45, 7) is 0.730. The molecule has 0 fully saturated rings. The molecule has 0 saturated heterocycles. The van der Waals surface area contributed by atoms with Gasteiger partial charge in [-0.2, -0.15) is 0 Å². The number of nitrogens with zero attached hydrogens (tertiary/aromatic N) is 2. The van der Waals surface area contributed by atoms with Crippen LogP contribution >= 0.6 is 0 Å². The highest BCUT2D eigenvalue weighted by atomic mass is 16.6. The van der Waals surface area contributed by atoms with Gasteiger partial charge in [0, 0.05) is 19.5 Å². The van der Waals surface area contributed by atoms with Crippen LogP contribution in [-0.2, 0) is 6.42 Å². The van der Waals surface area contributed by atoms with Crippen molar-refractivity contribution in [1.82, 2.24) is 4.98 Å². The molecule has 0 spiro atoms. The van der Waals surface area contributed by atoms with E-state index < -0.39 is 4.92 Å². The Labute approximate surface area is 122 Å². The summed E-state index contributed by atoms with van der Waals surface area (Å²) in [7, 11) is 1.69. The summed E-state index contributed by atoms with van der Waals surface area (Å²) in [5.41, 5.74) is 2.77. The lowest BCUT2D eigenvalue weighted by Crippen LogP contribution is -2.24. The van der Waals surface area contributed by atoms with Crippen LogP contribution in [0.4, 0.5) is 17.3 Å². The minimum Gasteiger partial charge on any atom is -0.373 e. The quantitative estimate of drug-likeness (QED) is 0.652. The number of rotatable bonds is 5. The molecule has 1 heterocycles. The van der Waals surface area contributed by atoms with Gasteiger partial charge in [0.15, 0.2) is 0 Å². The van der Waals surface area contributed by atoms with Gasteiger partial charge in [-0.05, 0) is 17.5 Å². The molecular formula is C15H16N4O2. The fraction of sp³-hybridized carbons (Fsp3) is 0.267. The van der Waals surface area contributed by atoms with Crippen molar-refractivity contribution in [3.63, 3.8) is 0 Å². The molecule has 0 amide bonds. The molecule has 1 aromatic carbocycles. The number of hydrogen-bond donors (Lipinski definition) is 2. The first-order chi connectivity index (χ1) is 10.2. The number of fused-ring (bicyclic) bond motifs is 1. The molecule has 1 unspecified atom stereocenters. The van der Waals surface area contributed by atoms with Crippen LogP contribution in [0.25, 0.3) is 0 Å². The third-order valence-electron chi connectivity index (χ3n) is 3.77. The summed E-state index contributed by atoms with van der Waals surface area (Å²) in [4.78, 5) is 14.8. The summed E-state index contributed by atoms with van der Waals surface area (Å²) in [6, 6.07) is 11.2. The topological polar surface area (TPSA) is 80.1 Å². The van der Waals surface area contributed by atoms with Gasteiger partial charge in [0.1, 0.15) is 11.6 Å². The lowest BCUT2D eigenvalue weighted by atomic mass is 9.77. The van der Waals surface area contributed by atoms with E-state index >= 15 is 0 Å². The highest BCUT2D eigenvalue weighted by molar-refractivity contribution is 5.55. The predicted octanol–water partition coefficient (Wildman–Crippen LogP) is 2.78. The van der Waals surface area contributed by atoms with E-state index in [0.29, 0.717) is 17.6 Å². The highest BCUT2D eigenvalue weighted by Gasteiger charge is 2.25. The summed E-state index contributed by atoms with van der Waals surface area (Å²) >= 11 is 0. The Balaban J connectivity index is 1.71. The maximum absolute atomic E-state index is 10.9. The third kappa shape index (κ3) is 2.65. The fourth-order valence-electron chi connectivity index (χ4n) is 2.61. The van der Waals surface area contributed by atoms with E-state index in [4.69, 9.17) is 0 Å². The second kappa shape index (κ2) is 5.40. The largest absolute Gasteiger partial charge is 0.373 e. The van der Waals surface area contributed by atoms with E-state index in [0.717, 1.165) is 13.0 Å². The lowest BCUT2D eigenvalue weighted by molar-refractivity contribution is -0.384. The van der Waals surface area contributed by atoms with Gasteiger partial charge in [0.2, 0.25) is 0 Å². The van der Waals surface area contributed by atoms with E-state index in [-0.39, 0.29) is 5.69 Å². The van der Waals surface area contributed by atoms with E-state index in [1.807, 2.05) is 12.1 Å². The molecule has 0 radical (unpaired) electrons. The van der Waals surface area contributed by atoms with Crippen LogP contribution in [0, 0.1) is 10.1 Å². The van der Waals surface area contributed by atoms with Crippen molar-refractivity contribution in [3.8, 4) is 0 Å². The van der Waals surface area contributed by atoms with Crippen molar-refractivity contribution < 1.29 is 4.92 Å². The van der Waals surface area contributed by atoms with Crippen molar-refractivity contribution in [2.45, 2.75) is 12.3 Å². The molecule has 0 bridgehead atoms. The molecule has 6 nitrogen and oxygen atoms in total. The summed E-state index contributed by atoms with van der Waals surface area (Å²) < 4.78 is 0. The Hall–Kier alpha value is -2.63. The van der Waals surface area contributed by atoms with Gasteiger partial charge >= 0.3 is 0 Å². The maximum Gasteiger partial charge on any atom is 0.276 e. The van der Waals surface area contributed by atoms with Crippen LogP contribution < -0.4 is 10.6 Å². The smallest absolute Gasteiger partial charge is 0.276 e. The first-order valence-electron chi connectivity index (χ1n) is 6.83. The maximum atomic E-state index is 10.9. The molecule has 108 valence electrons. The number of benzene rings is 1. The minimum absolute atomic E-state index is 0.0332. The molecule has 0 saturated carbocycles. The Morgan fingerprint density at radius 2 is 2.10 bits per heavy atom. The molecule has 2 N–H and O–H groups in total. The molecule has 21 heavy (non-hydrogen) atoms. The second-order valence-corrected chi connectivity index (χ2v) is 5.08. The monoisotopic (exact) mass is 284 g/mol. The summed E-state index contributed by atoms with van der Waals surface area (Å²) in [5.74, 6) is 1.46. The van der Waals surface area contributed by atoms with Gasteiger partial charge in [0.05, 0.1) is 17.1 Å². The van der Waals surface area contributed by atoms with E-state index in [1.54, 1.807) is 7.05 Å². The van der Waals surface area contributed by atoms with Crippen molar-refractivity contribution in [3.05, 3.63) is 57.6 Å². The van der Waals surface area contributed by atoms with Gasteiger partial charge in [-0.3, -0.25) is 10.1 Å². The fourth-order valence-corrected chi connectivity index (χ4v) is 2.61. The Bertz CT molecular complexity index is 687. The van der Waals surface area contributed by atoms with Crippen LogP contribution in [0.3, 0.4) is 0 Å². The van der Waals surface area contributed by atoms with Gasteiger partial charge in [-0.1, -0.05) is 24.3 Å². The van der Waals surface area contributed by atoms with E-state index in [1.165, 1.54) is 23.3 Å². The Morgan fingerprint density at radius 1 is 1.33 bits per heavy atom. The first-order valence-corrected chi connectivity index (χ1v) is 6.83. The molecule has 1 aromatic heterocycles. The van der Waals surface area contributed by atoms with Crippen LogP contribution in [0.2, 0.25) is 0 Å². The van der Waals surface area contributed by atoms with Gasteiger partial charge in [-0.25, -0.2) is 4.98 Å². The van der Waals surface area contributed by atoms with E-state index in [2.05, 4.69) is 27.8 Å². The molecule has 1 aliphatic rings. The zero-order valence-corrected chi connectivity index (χ0v) is 11.7. The molecular weight excluding hydrogens is 268 g/mol. The van der Waals surface area contributed by atoms with Crippen LogP contribution in [0.1, 0.15) is 17.0 Å². The van der Waals surface area contributed by atoms with Gasteiger partial charge < -0.3 is 10.6 Å². The number of pyridine rings is 1. The number of hydrogen-bond acceptors (Lipinski definition) is 5. The van der Waals surface area contributed by atoms with Crippen LogP contribution in [-0.4, -0.2) is 23.5 Å². The summed E-state index contributed by atoms with van der Waals surface area (Å²) in [5, 5.41) is 17.0. The number of aromatic nitrogens is 1. The average Bonchev–Trinajstić information content (AvgIpc) is 2.47. The highest BCUT2D eigenvalue weighted by Crippen LogP contribution is 2.34. The third-order valence-corrected chi connectivity index (χ3v) is 3.77. The van der Waals surface area contributed by atoms with Gasteiger partial charge in [0.25, 0.3) is 5.69 Å². The normalized spacial score (nSPS) is 15.8. The Kier molecular flexibility index (Phi) is 3.43. The number of anilines is 2. The van der Waals surface area contributed by atoms with Crippen molar-refractivity contribution >= 4 is 17.3 Å². The van der Waals surface area contributed by atoms with Crippen molar-refractivity contribution in [2.75, 3.05) is 24.2 Å². The van der Waals surface area contributed by atoms with Crippen molar-refractivity contribution in [2.24, 2.45) is 0 Å². The standard InChI is InChI=1S/C15H16N4O2/c1-16-14-7-12(19(20)21)8-15(18-14)17-9-11-6-10-4-2-3-5-13(10)11/h2-5,7-8,11H,6,9H2,1H3,(H2,16,17,18). The molecule has 0 aliphatic heterocycles. The molecule has 6 heteroatoms. The number of nitro groups is 1. The summed E-state index contributed by atoms with van der Waals surface area (Å²) in [6.07, 6.45) is 1.04. The molecule has 1 aliphatic carbocycles. The van der Waals surface area contributed by atoms with Crippen LogP contribution in [0.15, 0.2) is 36.4 Å². The zero-order chi connectivity index (χ0) is 14.8. The second-order valence-electron chi connectivity index (χ2n) is 5.08.